The Bertz CT molecular complexity index is 893. The van der Waals surface area contributed by atoms with Crippen molar-refractivity contribution in [2.45, 2.75) is 38.6 Å². The van der Waals surface area contributed by atoms with Crippen molar-refractivity contribution in [2.75, 3.05) is 0 Å². The van der Waals surface area contributed by atoms with Crippen LogP contribution in [0.1, 0.15) is 38.9 Å². The second-order valence-electron chi connectivity index (χ2n) is 5.40. The first-order valence-corrected chi connectivity index (χ1v) is 7.45. The summed E-state index contributed by atoms with van der Waals surface area (Å²) in [6, 6.07) is 2.90. The SMILES string of the molecule is [2H][C@@]1(n2c(C)nc3cc(Cl)ccc3c2=O)CCCC(=O)CC1=O. The lowest BCUT2D eigenvalue weighted by Crippen LogP contribution is -2.32. The lowest BCUT2D eigenvalue weighted by atomic mass is 10.1. The first-order chi connectivity index (χ1) is 10.8. The van der Waals surface area contributed by atoms with Crippen LogP contribution >= 0.6 is 11.6 Å². The van der Waals surface area contributed by atoms with Gasteiger partial charge in [-0.25, -0.2) is 4.98 Å². The van der Waals surface area contributed by atoms with E-state index >= 15 is 0 Å². The highest BCUT2D eigenvalue weighted by atomic mass is 35.5. The van der Waals surface area contributed by atoms with Crippen molar-refractivity contribution < 1.29 is 11.0 Å². The van der Waals surface area contributed by atoms with Crippen LogP contribution in [0, 0.1) is 6.92 Å². The van der Waals surface area contributed by atoms with E-state index in [1.807, 2.05) is 0 Å². The smallest absolute Gasteiger partial charge is 0.262 e. The number of nitrogens with zero attached hydrogens (tertiary/aromatic N) is 2. The van der Waals surface area contributed by atoms with E-state index in [-0.39, 0.29) is 30.9 Å². The number of rotatable bonds is 1. The zero-order valence-corrected chi connectivity index (χ0v) is 12.8. The molecule has 1 heterocycles. The van der Waals surface area contributed by atoms with E-state index in [0.29, 0.717) is 22.3 Å². The van der Waals surface area contributed by atoms with Gasteiger partial charge < -0.3 is 0 Å². The molecule has 1 aliphatic carbocycles. The first kappa shape index (κ1) is 13.6. The average Bonchev–Trinajstić information content (AvgIpc) is 2.58. The number of carbonyl (C=O) groups excluding carboxylic acids is 2. The molecule has 5 nitrogen and oxygen atoms in total. The molecule has 0 N–H and O–H groups in total. The maximum atomic E-state index is 12.8. The number of hydrogen-bond donors (Lipinski definition) is 0. The summed E-state index contributed by atoms with van der Waals surface area (Å²) in [7, 11) is 0. The summed E-state index contributed by atoms with van der Waals surface area (Å²) in [5.74, 6) is -0.474. The molecular weight excluding hydrogens is 304 g/mol. The summed E-state index contributed by atoms with van der Waals surface area (Å²) in [6.07, 6.45) is 0.475. The number of Topliss-reactive ketones (excluding diaryl/α,β-unsaturated/α-hetero) is 2. The van der Waals surface area contributed by atoms with Crippen LogP contribution < -0.4 is 5.56 Å². The van der Waals surface area contributed by atoms with Gasteiger partial charge in [-0.3, -0.25) is 19.0 Å². The monoisotopic (exact) mass is 319 g/mol. The van der Waals surface area contributed by atoms with Gasteiger partial charge in [0, 0.05) is 11.4 Å². The Kier molecular flexibility index (Phi) is 3.50. The molecule has 1 saturated carbocycles. The van der Waals surface area contributed by atoms with Gasteiger partial charge in [0.05, 0.1) is 24.7 Å². The molecule has 2 aromatic rings. The molecule has 1 fully saturated rings. The van der Waals surface area contributed by atoms with Crippen molar-refractivity contribution in [3.8, 4) is 0 Å². The standard InChI is InChI=1S/C16H15ClN2O3/c1-9-18-13-7-10(17)5-6-12(13)16(22)19(9)14-4-2-3-11(20)8-15(14)21/h5-7,14H,2-4,8H2,1H3/t14-/m1/s1/i14D. The molecule has 0 saturated heterocycles. The fraction of sp³-hybridized carbons (Fsp3) is 0.375. The minimum atomic E-state index is -1.78. The summed E-state index contributed by atoms with van der Waals surface area (Å²) >= 11 is 5.92. The molecule has 0 spiro atoms. The molecule has 3 rings (SSSR count). The number of hydrogen-bond acceptors (Lipinski definition) is 4. The lowest BCUT2D eigenvalue weighted by Gasteiger charge is -2.19. The van der Waals surface area contributed by atoms with Crippen molar-refractivity contribution in [3.63, 3.8) is 0 Å². The highest BCUT2D eigenvalue weighted by Gasteiger charge is 2.28. The molecule has 0 unspecified atom stereocenters. The number of carbonyl (C=O) groups is 2. The van der Waals surface area contributed by atoms with E-state index in [1.165, 1.54) is 0 Å². The second-order valence-corrected chi connectivity index (χ2v) is 5.84. The second kappa shape index (κ2) is 5.65. The van der Waals surface area contributed by atoms with Crippen LogP contribution in [0.25, 0.3) is 10.9 Å². The van der Waals surface area contributed by atoms with Gasteiger partial charge in [0.15, 0.2) is 5.78 Å². The van der Waals surface area contributed by atoms with Crippen molar-refractivity contribution in [1.82, 2.24) is 9.55 Å². The molecule has 22 heavy (non-hydrogen) atoms. The molecule has 1 aromatic carbocycles. The quantitative estimate of drug-likeness (QED) is 0.598. The zero-order valence-electron chi connectivity index (χ0n) is 13.1. The Morgan fingerprint density at radius 2 is 2.14 bits per heavy atom. The van der Waals surface area contributed by atoms with Crippen LogP contribution in [0.5, 0.6) is 0 Å². The third-order valence-corrected chi connectivity index (χ3v) is 4.05. The maximum absolute atomic E-state index is 12.8. The predicted octanol–water partition coefficient (Wildman–Crippen LogP) is 2.61. The molecule has 0 bridgehead atoms. The number of benzene rings is 1. The third kappa shape index (κ3) is 2.57. The van der Waals surface area contributed by atoms with Crippen molar-refractivity contribution in [2.24, 2.45) is 0 Å². The molecule has 114 valence electrons. The maximum Gasteiger partial charge on any atom is 0.262 e. The highest BCUT2D eigenvalue weighted by molar-refractivity contribution is 6.31. The van der Waals surface area contributed by atoms with Gasteiger partial charge >= 0.3 is 0 Å². The van der Waals surface area contributed by atoms with E-state index in [2.05, 4.69) is 4.98 Å². The largest absolute Gasteiger partial charge is 0.299 e. The van der Waals surface area contributed by atoms with Gasteiger partial charge in [0.25, 0.3) is 5.56 Å². The summed E-state index contributed by atoms with van der Waals surface area (Å²) in [5, 5.41) is 0.758. The minimum absolute atomic E-state index is 0.124. The Labute approximate surface area is 133 Å². The molecule has 0 radical (unpaired) electrons. The molecular formula is C16H15ClN2O3. The zero-order chi connectivity index (χ0) is 16.8. The molecule has 0 aliphatic heterocycles. The number of aryl methyl sites for hydroxylation is 1. The first-order valence-electron chi connectivity index (χ1n) is 7.57. The van der Waals surface area contributed by atoms with E-state index in [0.717, 1.165) is 4.57 Å². The Morgan fingerprint density at radius 1 is 1.36 bits per heavy atom. The lowest BCUT2D eigenvalue weighted by molar-refractivity contribution is -0.127. The summed E-state index contributed by atoms with van der Waals surface area (Å²) in [6.45, 7) is 1.58. The van der Waals surface area contributed by atoms with E-state index in [9.17, 15) is 14.4 Å². The van der Waals surface area contributed by atoms with Gasteiger partial charge in [0.2, 0.25) is 0 Å². The fourth-order valence-corrected chi connectivity index (χ4v) is 2.95. The normalized spacial score (nSPS) is 23.5. The molecule has 0 amide bonds. The Balaban J connectivity index is 2.26. The van der Waals surface area contributed by atoms with Crippen molar-refractivity contribution in [3.05, 3.63) is 39.4 Å². The van der Waals surface area contributed by atoms with Gasteiger partial charge in [-0.05, 0) is 38.0 Å². The number of halogens is 1. The van der Waals surface area contributed by atoms with E-state index < -0.39 is 17.4 Å². The number of aromatic nitrogens is 2. The number of ketones is 2. The molecule has 1 aromatic heterocycles. The van der Waals surface area contributed by atoms with Gasteiger partial charge in [0.1, 0.15) is 11.6 Å². The average molecular weight is 320 g/mol. The van der Waals surface area contributed by atoms with Gasteiger partial charge in [-0.1, -0.05) is 11.6 Å². The molecule has 6 heteroatoms. The molecule has 1 aliphatic rings. The predicted molar refractivity (Wildman–Crippen MR) is 83.3 cm³/mol. The van der Waals surface area contributed by atoms with E-state index in [1.54, 1.807) is 25.1 Å². The summed E-state index contributed by atoms with van der Waals surface area (Å²) in [5.41, 5.74) is -0.0288. The third-order valence-electron chi connectivity index (χ3n) is 3.82. The van der Waals surface area contributed by atoms with Crippen LogP contribution in [0.3, 0.4) is 0 Å². The van der Waals surface area contributed by atoms with Gasteiger partial charge in [-0.2, -0.15) is 0 Å². The summed E-state index contributed by atoms with van der Waals surface area (Å²) < 4.78 is 9.71. The van der Waals surface area contributed by atoms with Crippen LogP contribution in [0.2, 0.25) is 5.02 Å². The Hall–Kier alpha value is -2.01. The van der Waals surface area contributed by atoms with Crippen LogP contribution in [-0.4, -0.2) is 21.1 Å². The highest BCUT2D eigenvalue weighted by Crippen LogP contribution is 2.24. The van der Waals surface area contributed by atoms with Crippen molar-refractivity contribution >= 4 is 34.1 Å². The molecule has 1 atom stereocenters. The Morgan fingerprint density at radius 3 is 2.91 bits per heavy atom. The van der Waals surface area contributed by atoms with E-state index in [4.69, 9.17) is 13.0 Å². The summed E-state index contributed by atoms with van der Waals surface area (Å²) in [4.78, 5) is 41.2. The fourth-order valence-electron chi connectivity index (χ4n) is 2.79. The van der Waals surface area contributed by atoms with Crippen LogP contribution in [-0.2, 0) is 9.59 Å². The number of fused-ring (bicyclic) bond motifs is 1. The van der Waals surface area contributed by atoms with Gasteiger partial charge in [-0.15, -0.1) is 0 Å². The van der Waals surface area contributed by atoms with Crippen LogP contribution in [0.15, 0.2) is 23.0 Å². The minimum Gasteiger partial charge on any atom is -0.299 e. The topological polar surface area (TPSA) is 69.0 Å². The van der Waals surface area contributed by atoms with Crippen LogP contribution in [0.4, 0.5) is 0 Å². The van der Waals surface area contributed by atoms with Crippen molar-refractivity contribution in [1.29, 1.82) is 0 Å².